The number of rotatable bonds is 4. The maximum atomic E-state index is 13.5. The Morgan fingerprint density at radius 2 is 1.61 bits per heavy atom. The van der Waals surface area contributed by atoms with E-state index in [4.69, 9.17) is 23.2 Å². The van der Waals surface area contributed by atoms with Gasteiger partial charge >= 0.3 is 5.69 Å². The summed E-state index contributed by atoms with van der Waals surface area (Å²) in [5.74, 6) is 0.503. The van der Waals surface area contributed by atoms with Crippen LogP contribution in [-0.2, 0) is 26.7 Å². The molecule has 2 aromatic heterocycles. The van der Waals surface area contributed by atoms with E-state index in [1.807, 2.05) is 41.8 Å². The van der Waals surface area contributed by atoms with E-state index in [2.05, 4.69) is 10.1 Å². The van der Waals surface area contributed by atoms with Crippen molar-refractivity contribution < 1.29 is 0 Å². The van der Waals surface area contributed by atoms with Crippen molar-refractivity contribution in [2.75, 3.05) is 5.01 Å². The molecule has 0 aliphatic carbocycles. The van der Waals surface area contributed by atoms with Crippen LogP contribution in [0.2, 0.25) is 10.0 Å². The van der Waals surface area contributed by atoms with Crippen LogP contribution in [0, 0.1) is 0 Å². The van der Waals surface area contributed by atoms with E-state index in [-0.39, 0.29) is 6.54 Å². The van der Waals surface area contributed by atoms with Gasteiger partial charge in [-0.3, -0.25) is 18.5 Å². The van der Waals surface area contributed by atoms with Crippen molar-refractivity contribution in [1.29, 1.82) is 0 Å². The minimum Gasteiger partial charge on any atom is -0.297 e. The summed E-state index contributed by atoms with van der Waals surface area (Å²) in [4.78, 5) is 31.2. The van der Waals surface area contributed by atoms with Crippen molar-refractivity contribution in [1.82, 2.24) is 18.7 Å². The number of aromatic nitrogens is 4. The molecule has 0 saturated heterocycles. The van der Waals surface area contributed by atoms with Crippen LogP contribution in [0.15, 0.2) is 63.2 Å². The first-order valence-corrected chi connectivity index (χ1v) is 11.1. The Morgan fingerprint density at radius 3 is 2.24 bits per heavy atom. The lowest BCUT2D eigenvalue weighted by molar-refractivity contribution is 0.653. The lowest BCUT2D eigenvalue weighted by Gasteiger charge is -2.25. The van der Waals surface area contributed by atoms with Crippen molar-refractivity contribution >= 4 is 46.0 Å². The standard InChI is InChI=1S/C23H20Cl2N6O2/c1-14-11-29-19-20(26-22(29)31(27-14)13-16-6-4-8-18(25)10-16)28(2)23(33)30(21(19)32)12-15-5-3-7-17(24)9-15/h3-10H,11-13H2,1-2H3. The molecule has 0 unspecified atom stereocenters. The Labute approximate surface area is 198 Å². The van der Waals surface area contributed by atoms with Crippen LogP contribution in [0.4, 0.5) is 5.95 Å². The van der Waals surface area contributed by atoms with Gasteiger partial charge in [-0.2, -0.15) is 10.1 Å². The predicted molar refractivity (Wildman–Crippen MR) is 131 cm³/mol. The molecule has 0 fully saturated rings. The third kappa shape index (κ3) is 3.85. The first-order chi connectivity index (χ1) is 15.8. The third-order valence-corrected chi connectivity index (χ3v) is 6.04. The zero-order valence-electron chi connectivity index (χ0n) is 18.0. The van der Waals surface area contributed by atoms with Gasteiger partial charge in [0, 0.05) is 17.1 Å². The Morgan fingerprint density at radius 1 is 0.970 bits per heavy atom. The number of hydrazone groups is 1. The number of hydrogen-bond donors (Lipinski definition) is 0. The third-order valence-electron chi connectivity index (χ3n) is 5.57. The van der Waals surface area contributed by atoms with E-state index in [1.54, 1.807) is 30.3 Å². The molecule has 2 aromatic carbocycles. The average Bonchev–Trinajstić information content (AvgIpc) is 3.15. The van der Waals surface area contributed by atoms with E-state index >= 15 is 0 Å². The van der Waals surface area contributed by atoms with Gasteiger partial charge < -0.3 is 0 Å². The maximum absolute atomic E-state index is 13.5. The first-order valence-electron chi connectivity index (χ1n) is 10.3. The Balaban J connectivity index is 1.66. The lowest BCUT2D eigenvalue weighted by Crippen LogP contribution is -2.40. The van der Waals surface area contributed by atoms with Crippen molar-refractivity contribution in [3.8, 4) is 0 Å². The van der Waals surface area contributed by atoms with Gasteiger partial charge in [-0.05, 0) is 42.3 Å². The molecule has 1 aliphatic heterocycles. The molecule has 33 heavy (non-hydrogen) atoms. The number of halogens is 2. The molecule has 5 rings (SSSR count). The minimum atomic E-state index is -0.443. The summed E-state index contributed by atoms with van der Waals surface area (Å²) in [6.45, 7) is 2.84. The van der Waals surface area contributed by atoms with E-state index in [0.717, 1.165) is 16.8 Å². The van der Waals surface area contributed by atoms with Gasteiger partial charge in [0.05, 0.1) is 25.3 Å². The van der Waals surface area contributed by atoms with Gasteiger partial charge in [-0.1, -0.05) is 47.5 Å². The van der Waals surface area contributed by atoms with Crippen LogP contribution in [0.3, 0.4) is 0 Å². The molecular weight excluding hydrogens is 463 g/mol. The van der Waals surface area contributed by atoms with Crippen molar-refractivity contribution in [3.05, 3.63) is 90.5 Å². The predicted octanol–water partition coefficient (Wildman–Crippen LogP) is 3.65. The zero-order chi connectivity index (χ0) is 23.3. The molecule has 0 saturated carbocycles. The molecule has 1 aliphatic rings. The summed E-state index contributed by atoms with van der Waals surface area (Å²) in [6.07, 6.45) is 0. The van der Waals surface area contributed by atoms with Crippen LogP contribution in [0.5, 0.6) is 0 Å². The molecule has 0 radical (unpaired) electrons. The highest BCUT2D eigenvalue weighted by molar-refractivity contribution is 6.30. The Kier molecular flexibility index (Phi) is 5.34. The first kappa shape index (κ1) is 21.5. The highest BCUT2D eigenvalue weighted by atomic mass is 35.5. The molecule has 168 valence electrons. The molecule has 0 bridgehead atoms. The molecule has 4 aromatic rings. The fourth-order valence-electron chi connectivity index (χ4n) is 4.09. The van der Waals surface area contributed by atoms with Crippen molar-refractivity contribution in [3.63, 3.8) is 0 Å². The summed E-state index contributed by atoms with van der Waals surface area (Å²) in [7, 11) is 1.62. The molecule has 0 amide bonds. The van der Waals surface area contributed by atoms with Gasteiger partial charge in [-0.25, -0.2) is 9.80 Å². The van der Waals surface area contributed by atoms with E-state index in [1.165, 1.54) is 9.13 Å². The number of anilines is 1. The highest BCUT2D eigenvalue weighted by Gasteiger charge is 2.26. The van der Waals surface area contributed by atoms with Crippen LogP contribution in [0.25, 0.3) is 11.2 Å². The summed E-state index contributed by atoms with van der Waals surface area (Å²) >= 11 is 12.2. The van der Waals surface area contributed by atoms with Gasteiger partial charge in [0.1, 0.15) is 0 Å². The molecule has 0 N–H and O–H groups in total. The van der Waals surface area contributed by atoms with Gasteiger partial charge in [0.25, 0.3) is 5.56 Å². The fraction of sp³-hybridized carbons (Fsp3) is 0.217. The summed E-state index contributed by atoms with van der Waals surface area (Å²) < 4.78 is 4.43. The normalized spacial score (nSPS) is 13.3. The summed E-state index contributed by atoms with van der Waals surface area (Å²) in [5, 5.41) is 7.54. The van der Waals surface area contributed by atoms with E-state index in [9.17, 15) is 9.59 Å². The van der Waals surface area contributed by atoms with Gasteiger partial charge in [0.15, 0.2) is 11.2 Å². The van der Waals surface area contributed by atoms with Crippen molar-refractivity contribution in [2.24, 2.45) is 12.1 Å². The number of fused-ring (bicyclic) bond motifs is 3. The minimum absolute atomic E-state index is 0.113. The number of hydrogen-bond acceptors (Lipinski definition) is 5. The second-order valence-electron chi connectivity index (χ2n) is 8.06. The number of aryl methyl sites for hydroxylation is 1. The molecule has 0 atom stereocenters. The van der Waals surface area contributed by atoms with Crippen LogP contribution in [-0.4, -0.2) is 24.4 Å². The molecule has 0 spiro atoms. The van der Waals surface area contributed by atoms with E-state index < -0.39 is 11.2 Å². The summed E-state index contributed by atoms with van der Waals surface area (Å²) in [5.41, 5.74) is 2.37. The van der Waals surface area contributed by atoms with Crippen molar-refractivity contribution in [2.45, 2.75) is 26.6 Å². The van der Waals surface area contributed by atoms with Crippen LogP contribution in [0.1, 0.15) is 18.1 Å². The second kappa shape index (κ2) is 8.20. The maximum Gasteiger partial charge on any atom is 0.332 e. The highest BCUT2D eigenvalue weighted by Crippen LogP contribution is 2.26. The van der Waals surface area contributed by atoms with E-state index in [0.29, 0.717) is 40.2 Å². The number of nitrogens with zero attached hydrogens (tertiary/aromatic N) is 6. The Hall–Kier alpha value is -3.36. The van der Waals surface area contributed by atoms with Crippen LogP contribution < -0.4 is 16.3 Å². The fourth-order valence-corrected chi connectivity index (χ4v) is 4.52. The zero-order valence-corrected chi connectivity index (χ0v) is 19.5. The quantitative estimate of drug-likeness (QED) is 0.444. The van der Waals surface area contributed by atoms with Crippen LogP contribution >= 0.6 is 23.2 Å². The molecular formula is C23H20Cl2N6O2. The monoisotopic (exact) mass is 482 g/mol. The second-order valence-corrected chi connectivity index (χ2v) is 8.93. The number of benzene rings is 2. The number of imidazole rings is 1. The Bertz CT molecular complexity index is 1550. The molecule has 8 nitrogen and oxygen atoms in total. The molecule has 3 heterocycles. The van der Waals surface area contributed by atoms with Gasteiger partial charge in [0.2, 0.25) is 5.95 Å². The summed E-state index contributed by atoms with van der Waals surface area (Å²) in [6, 6.07) is 14.6. The average molecular weight is 483 g/mol. The largest absolute Gasteiger partial charge is 0.332 e. The topological polar surface area (TPSA) is 77.4 Å². The lowest BCUT2D eigenvalue weighted by atomic mass is 10.2. The molecule has 10 heteroatoms. The van der Waals surface area contributed by atoms with Gasteiger partial charge in [-0.15, -0.1) is 0 Å². The smallest absolute Gasteiger partial charge is 0.297 e. The SMILES string of the molecule is CC1=NN(Cc2cccc(Cl)c2)c2nc3c(c(=O)n(Cc4cccc(Cl)c4)c(=O)n3C)n2C1.